The number of anilines is 3. The summed E-state index contributed by atoms with van der Waals surface area (Å²) in [4.78, 5) is 14.3. The fourth-order valence-electron chi connectivity index (χ4n) is 4.82. The Morgan fingerprint density at radius 2 is 1.97 bits per heavy atom. The second-order valence-electron chi connectivity index (χ2n) is 10.1. The summed E-state index contributed by atoms with van der Waals surface area (Å²) in [6.07, 6.45) is 8.56. The van der Waals surface area contributed by atoms with Gasteiger partial charge in [-0.1, -0.05) is 37.0 Å². The monoisotopic (exact) mass is 451 g/mol. The first-order chi connectivity index (χ1) is 15.7. The Balaban J connectivity index is 1.67. The van der Waals surface area contributed by atoms with Gasteiger partial charge in [0.2, 0.25) is 5.95 Å². The van der Waals surface area contributed by atoms with Gasteiger partial charge in [0.05, 0.1) is 11.9 Å². The van der Waals surface area contributed by atoms with Gasteiger partial charge in [0.15, 0.2) is 17.0 Å². The predicted octanol–water partition coefficient (Wildman–Crippen LogP) is 4.80. The molecule has 0 amide bonds. The van der Waals surface area contributed by atoms with E-state index in [4.69, 9.17) is 20.7 Å². The lowest BCUT2D eigenvalue weighted by atomic mass is 9.95. The van der Waals surface area contributed by atoms with Crippen LogP contribution >= 0.6 is 0 Å². The highest BCUT2D eigenvalue weighted by Gasteiger charge is 2.22. The van der Waals surface area contributed by atoms with Gasteiger partial charge in [0, 0.05) is 24.3 Å². The van der Waals surface area contributed by atoms with Crippen molar-refractivity contribution in [3.63, 3.8) is 0 Å². The smallest absolute Gasteiger partial charge is 0.226 e. The molecule has 0 saturated heterocycles. The highest BCUT2D eigenvalue weighted by molar-refractivity contribution is 5.84. The molecule has 8 nitrogen and oxygen atoms in total. The van der Waals surface area contributed by atoms with Crippen LogP contribution < -0.4 is 16.4 Å². The zero-order chi connectivity index (χ0) is 23.6. The first-order valence-electron chi connectivity index (χ1n) is 12.0. The number of hydrogen-bond donors (Lipinski definition) is 4. The summed E-state index contributed by atoms with van der Waals surface area (Å²) in [5.74, 6) is 1.23. The first kappa shape index (κ1) is 23.3. The maximum Gasteiger partial charge on any atom is 0.226 e. The molecule has 1 saturated carbocycles. The number of nitrogens with one attached hydrogen (secondary N) is 2. The number of rotatable bonds is 8. The number of imidazole rings is 1. The van der Waals surface area contributed by atoms with E-state index < -0.39 is 5.60 Å². The van der Waals surface area contributed by atoms with Crippen LogP contribution in [0.5, 0.6) is 0 Å². The molecule has 5 N–H and O–H groups in total. The highest BCUT2D eigenvalue weighted by atomic mass is 16.3. The molecule has 0 bridgehead atoms. The quantitative estimate of drug-likeness (QED) is 0.364. The van der Waals surface area contributed by atoms with Crippen LogP contribution in [0.2, 0.25) is 0 Å². The van der Waals surface area contributed by atoms with E-state index in [9.17, 15) is 5.11 Å². The molecule has 1 unspecified atom stereocenters. The van der Waals surface area contributed by atoms with E-state index >= 15 is 0 Å². The van der Waals surface area contributed by atoms with E-state index in [0.717, 1.165) is 35.3 Å². The van der Waals surface area contributed by atoms with Gasteiger partial charge in [0.25, 0.3) is 0 Å². The summed E-state index contributed by atoms with van der Waals surface area (Å²) >= 11 is 0. The van der Waals surface area contributed by atoms with Gasteiger partial charge in [-0.05, 0) is 58.6 Å². The predicted molar refractivity (Wildman–Crippen MR) is 134 cm³/mol. The summed E-state index contributed by atoms with van der Waals surface area (Å²) in [5.41, 5.74) is 9.98. The zero-order valence-corrected chi connectivity index (χ0v) is 20.2. The maximum atomic E-state index is 10.2. The molecule has 1 aliphatic carbocycles. The summed E-state index contributed by atoms with van der Waals surface area (Å²) < 4.78 is 2.22. The Morgan fingerprint density at radius 1 is 1.21 bits per heavy atom. The number of benzene rings is 1. The Kier molecular flexibility index (Phi) is 6.74. The van der Waals surface area contributed by atoms with Gasteiger partial charge in [-0.15, -0.1) is 0 Å². The van der Waals surface area contributed by atoms with Gasteiger partial charge >= 0.3 is 0 Å². The normalized spacial score (nSPS) is 16.2. The summed E-state index contributed by atoms with van der Waals surface area (Å²) in [6, 6.07) is 6.46. The molecular weight excluding hydrogens is 414 g/mol. The van der Waals surface area contributed by atoms with E-state index in [2.05, 4.69) is 28.2 Å². The van der Waals surface area contributed by atoms with E-state index in [1.165, 1.54) is 24.8 Å². The molecule has 4 rings (SSSR count). The van der Waals surface area contributed by atoms with Crippen LogP contribution in [-0.2, 0) is 6.54 Å². The van der Waals surface area contributed by atoms with E-state index in [1.54, 1.807) is 0 Å². The number of nitrogens with two attached hydrogens (primary N) is 1. The number of nitrogens with zero attached hydrogens (tertiary/aromatic N) is 4. The van der Waals surface area contributed by atoms with Crippen molar-refractivity contribution in [3.8, 4) is 0 Å². The Bertz CT molecular complexity index is 1100. The molecule has 8 heteroatoms. The number of hydrogen-bond acceptors (Lipinski definition) is 7. The fraction of sp³-hybridized carbons (Fsp3) is 0.560. The first-order valence-corrected chi connectivity index (χ1v) is 12.0. The third-order valence-corrected chi connectivity index (χ3v) is 6.32. The number of aliphatic hydroxyl groups is 1. The molecule has 1 aromatic carbocycles. The minimum Gasteiger partial charge on any atom is -0.398 e. The number of aromatic nitrogens is 4. The second kappa shape index (κ2) is 9.55. The molecule has 0 spiro atoms. The van der Waals surface area contributed by atoms with Crippen molar-refractivity contribution in [1.29, 1.82) is 0 Å². The van der Waals surface area contributed by atoms with Crippen LogP contribution in [-0.4, -0.2) is 36.3 Å². The molecule has 2 aromatic heterocycles. The van der Waals surface area contributed by atoms with Gasteiger partial charge in [-0.3, -0.25) is 0 Å². The number of aryl methyl sites for hydroxylation is 1. The molecule has 178 valence electrons. The van der Waals surface area contributed by atoms with Crippen molar-refractivity contribution in [2.24, 2.45) is 0 Å². The molecular formula is C25H37N7O. The lowest BCUT2D eigenvalue weighted by molar-refractivity contribution is 0.0672. The van der Waals surface area contributed by atoms with Crippen LogP contribution in [0, 0.1) is 6.92 Å². The Hall–Kier alpha value is -2.87. The Morgan fingerprint density at radius 3 is 2.70 bits per heavy atom. The average Bonchev–Trinajstić information content (AvgIpc) is 3.17. The van der Waals surface area contributed by atoms with E-state index in [0.29, 0.717) is 30.8 Å². The van der Waals surface area contributed by atoms with Crippen molar-refractivity contribution >= 4 is 28.6 Å². The second-order valence-corrected chi connectivity index (χ2v) is 10.1. The zero-order valence-electron chi connectivity index (χ0n) is 20.2. The fourth-order valence-corrected chi connectivity index (χ4v) is 4.82. The van der Waals surface area contributed by atoms with Crippen LogP contribution in [0.3, 0.4) is 0 Å². The topological polar surface area (TPSA) is 114 Å². The lowest BCUT2D eigenvalue weighted by Gasteiger charge is -2.24. The number of nitrogen functional groups attached to an aromatic ring is 1. The van der Waals surface area contributed by atoms with Crippen molar-refractivity contribution < 1.29 is 5.11 Å². The molecule has 1 aliphatic rings. The van der Waals surface area contributed by atoms with Gasteiger partial charge < -0.3 is 26.0 Å². The maximum absolute atomic E-state index is 10.2. The van der Waals surface area contributed by atoms with E-state index in [-0.39, 0.29) is 6.04 Å². The van der Waals surface area contributed by atoms with E-state index in [1.807, 2.05) is 39.2 Å². The van der Waals surface area contributed by atoms with Crippen LogP contribution in [0.1, 0.15) is 76.5 Å². The molecule has 3 aromatic rings. The molecule has 0 radical (unpaired) electrons. The molecule has 1 fully saturated rings. The van der Waals surface area contributed by atoms with Crippen LogP contribution in [0.25, 0.3) is 11.2 Å². The summed E-state index contributed by atoms with van der Waals surface area (Å²) in [6.45, 7) is 8.27. The average molecular weight is 452 g/mol. The van der Waals surface area contributed by atoms with Crippen molar-refractivity contribution in [2.45, 2.75) is 90.4 Å². The Labute approximate surface area is 196 Å². The molecule has 33 heavy (non-hydrogen) atoms. The minimum atomic E-state index is -0.774. The van der Waals surface area contributed by atoms with Crippen LogP contribution in [0.4, 0.5) is 17.5 Å². The highest BCUT2D eigenvalue weighted by Crippen LogP contribution is 2.32. The molecule has 0 aliphatic heterocycles. The number of fused-ring (bicyclic) bond motifs is 1. The van der Waals surface area contributed by atoms with Crippen molar-refractivity contribution in [1.82, 2.24) is 19.5 Å². The third kappa shape index (κ3) is 5.74. The SMILES string of the molecule is Cc1ccc(N)c(CNc2nc(NC(C)CC(C)(C)O)nc3c2ncn3C2CCCCC2)c1. The van der Waals surface area contributed by atoms with Gasteiger partial charge in [-0.2, -0.15) is 9.97 Å². The molecule has 2 heterocycles. The van der Waals surface area contributed by atoms with Gasteiger partial charge in [-0.25, -0.2) is 4.98 Å². The van der Waals surface area contributed by atoms with Gasteiger partial charge in [0.1, 0.15) is 0 Å². The minimum absolute atomic E-state index is 0.00812. The largest absolute Gasteiger partial charge is 0.398 e. The lowest BCUT2D eigenvalue weighted by Crippen LogP contribution is -2.29. The van der Waals surface area contributed by atoms with Crippen LogP contribution in [0.15, 0.2) is 24.5 Å². The van der Waals surface area contributed by atoms with Crippen molar-refractivity contribution in [3.05, 3.63) is 35.7 Å². The van der Waals surface area contributed by atoms with Crippen molar-refractivity contribution in [2.75, 3.05) is 16.4 Å². The summed E-state index contributed by atoms with van der Waals surface area (Å²) in [7, 11) is 0. The molecule has 1 atom stereocenters. The third-order valence-electron chi connectivity index (χ3n) is 6.32. The standard InChI is InChI=1S/C25H37N7O/c1-16-10-11-20(26)18(12-16)14-27-22-21-23(32(15-28-21)19-8-6-5-7-9-19)31-24(30-22)29-17(2)13-25(3,4)33/h10-12,15,17,19,33H,5-9,13-14,26H2,1-4H3,(H2,27,29,30,31). The summed E-state index contributed by atoms with van der Waals surface area (Å²) in [5, 5.41) is 17.0.